The molecule has 25 heavy (non-hydrogen) atoms. The van der Waals surface area contributed by atoms with Crippen LogP contribution in [0.4, 0.5) is 4.39 Å². The molecule has 0 saturated heterocycles. The first-order valence-electron chi connectivity index (χ1n) is 7.58. The molecule has 0 bridgehead atoms. The zero-order chi connectivity index (χ0) is 18.4. The summed E-state index contributed by atoms with van der Waals surface area (Å²) in [6.07, 6.45) is 1.97. The molecule has 0 aliphatic carbocycles. The Labute approximate surface area is 153 Å². The summed E-state index contributed by atoms with van der Waals surface area (Å²) in [4.78, 5) is 24.3. The number of hydrogen-bond acceptors (Lipinski definition) is 5. The third kappa shape index (κ3) is 4.67. The van der Waals surface area contributed by atoms with Crippen molar-refractivity contribution in [2.45, 2.75) is 24.5 Å². The normalized spacial score (nSPS) is 11.0. The number of halogens is 1. The number of hydrogen-bond donors (Lipinski definition) is 2. The fraction of sp³-hybridized carbons (Fsp3) is 0.235. The highest BCUT2D eigenvalue weighted by atomic mass is 32.2. The Morgan fingerprint density at radius 3 is 2.56 bits per heavy atom. The molecule has 5 nitrogen and oxygen atoms in total. The van der Waals surface area contributed by atoms with Crippen LogP contribution in [0.15, 0.2) is 33.6 Å². The van der Waals surface area contributed by atoms with Crippen molar-refractivity contribution < 1.29 is 19.1 Å². The number of carbonyl (C=O) groups excluding carboxylic acids is 1. The molecule has 0 saturated carbocycles. The van der Waals surface area contributed by atoms with E-state index in [9.17, 15) is 19.1 Å². The van der Waals surface area contributed by atoms with Crippen LogP contribution in [-0.2, 0) is 6.42 Å². The number of carbonyl (C=O) groups is 2. The topological polar surface area (TPSA) is 78.8 Å². The van der Waals surface area contributed by atoms with Gasteiger partial charge in [-0.15, -0.1) is 23.1 Å². The highest BCUT2D eigenvalue weighted by Gasteiger charge is 2.21. The van der Waals surface area contributed by atoms with Gasteiger partial charge >= 0.3 is 5.97 Å². The summed E-state index contributed by atoms with van der Waals surface area (Å²) in [5.41, 5.74) is 3.33. The van der Waals surface area contributed by atoms with Gasteiger partial charge in [-0.1, -0.05) is 13.8 Å². The zero-order valence-electron chi connectivity index (χ0n) is 13.7. The van der Waals surface area contributed by atoms with Crippen molar-refractivity contribution in [1.29, 1.82) is 0 Å². The molecule has 1 heterocycles. The first-order chi connectivity index (χ1) is 12.0. The maximum Gasteiger partial charge on any atom is 0.337 e. The second kappa shape index (κ2) is 8.77. The average molecular weight is 380 g/mol. The molecule has 2 rings (SSSR count). The molecule has 0 aliphatic rings. The van der Waals surface area contributed by atoms with Crippen molar-refractivity contribution in [2.24, 2.45) is 5.10 Å². The number of amides is 1. The number of aryl methyl sites for hydroxylation is 1. The Balaban J connectivity index is 2.24. The summed E-state index contributed by atoms with van der Waals surface area (Å²) in [5, 5.41) is 13.4. The largest absolute Gasteiger partial charge is 0.478 e. The van der Waals surface area contributed by atoms with Crippen molar-refractivity contribution in [3.05, 3.63) is 51.7 Å². The third-order valence-corrected chi connectivity index (χ3v) is 5.78. The molecular weight excluding hydrogens is 363 g/mol. The second-order valence-corrected chi connectivity index (χ2v) is 7.54. The Hall–Kier alpha value is -2.19. The Kier molecular flexibility index (Phi) is 6.72. The van der Waals surface area contributed by atoms with Gasteiger partial charge in [0, 0.05) is 16.0 Å². The van der Waals surface area contributed by atoms with Crippen LogP contribution in [0.1, 0.15) is 45.0 Å². The van der Waals surface area contributed by atoms with E-state index >= 15 is 0 Å². The van der Waals surface area contributed by atoms with Gasteiger partial charge in [0.1, 0.15) is 5.82 Å². The maximum absolute atomic E-state index is 12.9. The van der Waals surface area contributed by atoms with Gasteiger partial charge < -0.3 is 5.11 Å². The molecule has 0 aliphatic heterocycles. The number of aromatic carboxylic acids is 1. The molecule has 1 aromatic heterocycles. The van der Waals surface area contributed by atoms with Gasteiger partial charge in [0.2, 0.25) is 0 Å². The van der Waals surface area contributed by atoms with Crippen LogP contribution in [0.2, 0.25) is 0 Å². The van der Waals surface area contributed by atoms with Crippen molar-refractivity contribution in [2.75, 3.05) is 5.75 Å². The predicted molar refractivity (Wildman–Crippen MR) is 98.5 cm³/mol. The van der Waals surface area contributed by atoms with Crippen LogP contribution < -0.4 is 5.43 Å². The zero-order valence-corrected chi connectivity index (χ0v) is 15.3. The quantitative estimate of drug-likeness (QED) is 0.432. The molecule has 132 valence electrons. The van der Waals surface area contributed by atoms with E-state index in [2.05, 4.69) is 10.5 Å². The molecule has 8 heteroatoms. The van der Waals surface area contributed by atoms with Crippen LogP contribution in [0, 0.1) is 5.82 Å². The standard InChI is InChI=1S/C17H17FN2O3S2/c1-3-13-14(16(22)23)12(17(25-13)24-4-2)9-19-20-15(21)10-5-7-11(18)8-6-10/h5-9H,3-4H2,1-2H3,(H,20,21)(H,22,23)/b19-9+. The minimum atomic E-state index is -1.01. The molecule has 0 radical (unpaired) electrons. The SMILES string of the molecule is CCSc1sc(CC)c(C(=O)O)c1/C=N/NC(=O)c1ccc(F)cc1. The molecule has 0 atom stereocenters. The van der Waals surface area contributed by atoms with Gasteiger partial charge in [0.05, 0.1) is 16.0 Å². The number of benzene rings is 1. The molecular formula is C17H17FN2O3S2. The molecule has 0 fully saturated rings. The molecule has 0 unspecified atom stereocenters. The lowest BCUT2D eigenvalue weighted by Crippen LogP contribution is -2.17. The van der Waals surface area contributed by atoms with E-state index in [4.69, 9.17) is 0 Å². The smallest absolute Gasteiger partial charge is 0.337 e. The summed E-state index contributed by atoms with van der Waals surface area (Å²) in [6.45, 7) is 3.88. The lowest BCUT2D eigenvalue weighted by molar-refractivity contribution is 0.0696. The monoisotopic (exact) mass is 380 g/mol. The van der Waals surface area contributed by atoms with E-state index in [0.717, 1.165) is 14.8 Å². The molecule has 1 aromatic carbocycles. The van der Waals surface area contributed by atoms with Crippen molar-refractivity contribution in [3.8, 4) is 0 Å². The van der Waals surface area contributed by atoms with Gasteiger partial charge in [-0.25, -0.2) is 14.6 Å². The number of nitrogens with one attached hydrogen (secondary N) is 1. The van der Waals surface area contributed by atoms with E-state index < -0.39 is 17.7 Å². The average Bonchev–Trinajstić information content (AvgIpc) is 2.93. The molecule has 0 spiro atoms. The highest BCUT2D eigenvalue weighted by molar-refractivity contribution is 8.01. The van der Waals surface area contributed by atoms with E-state index in [1.54, 1.807) is 0 Å². The molecule has 1 amide bonds. The number of thiophene rings is 1. The van der Waals surface area contributed by atoms with Crippen LogP contribution in [0.5, 0.6) is 0 Å². The Morgan fingerprint density at radius 2 is 2.00 bits per heavy atom. The van der Waals surface area contributed by atoms with Gasteiger partial charge in [0.25, 0.3) is 5.91 Å². The van der Waals surface area contributed by atoms with Crippen LogP contribution in [0.25, 0.3) is 0 Å². The van der Waals surface area contributed by atoms with Crippen LogP contribution >= 0.6 is 23.1 Å². The van der Waals surface area contributed by atoms with Gasteiger partial charge in [0.15, 0.2) is 0 Å². The van der Waals surface area contributed by atoms with Gasteiger partial charge in [-0.05, 0) is 36.4 Å². The van der Waals surface area contributed by atoms with Crippen molar-refractivity contribution >= 4 is 41.2 Å². The Morgan fingerprint density at radius 1 is 1.32 bits per heavy atom. The maximum atomic E-state index is 12.9. The Bertz CT molecular complexity index is 801. The minimum Gasteiger partial charge on any atom is -0.478 e. The summed E-state index contributed by atoms with van der Waals surface area (Å²) in [6, 6.07) is 5.06. The van der Waals surface area contributed by atoms with Crippen molar-refractivity contribution in [3.63, 3.8) is 0 Å². The van der Waals surface area contributed by atoms with Crippen LogP contribution in [0.3, 0.4) is 0 Å². The lowest BCUT2D eigenvalue weighted by Gasteiger charge is -2.01. The summed E-state index contributed by atoms with van der Waals surface area (Å²) in [5.74, 6) is -1.14. The number of thioether (sulfide) groups is 1. The fourth-order valence-corrected chi connectivity index (χ4v) is 4.53. The molecule has 2 aromatic rings. The third-order valence-electron chi connectivity index (χ3n) is 3.26. The molecule has 2 N–H and O–H groups in total. The van der Waals surface area contributed by atoms with E-state index in [-0.39, 0.29) is 11.1 Å². The van der Waals surface area contributed by atoms with E-state index in [0.29, 0.717) is 12.0 Å². The number of rotatable bonds is 7. The van der Waals surface area contributed by atoms with Gasteiger partial charge in [-0.3, -0.25) is 4.79 Å². The summed E-state index contributed by atoms with van der Waals surface area (Å²) < 4.78 is 13.7. The summed E-state index contributed by atoms with van der Waals surface area (Å²) >= 11 is 2.97. The number of nitrogens with zero attached hydrogens (tertiary/aromatic N) is 1. The van der Waals surface area contributed by atoms with E-state index in [1.165, 1.54) is 53.6 Å². The number of carboxylic acids is 1. The lowest BCUT2D eigenvalue weighted by atomic mass is 10.1. The minimum absolute atomic E-state index is 0.225. The van der Waals surface area contributed by atoms with Crippen molar-refractivity contribution in [1.82, 2.24) is 5.43 Å². The summed E-state index contributed by atoms with van der Waals surface area (Å²) in [7, 11) is 0. The second-order valence-electron chi connectivity index (χ2n) is 4.90. The fourth-order valence-electron chi connectivity index (χ4n) is 2.13. The number of carboxylic acid groups (broad SMARTS) is 1. The predicted octanol–water partition coefficient (Wildman–Crippen LogP) is 4.02. The number of hydrazone groups is 1. The first-order valence-corrected chi connectivity index (χ1v) is 9.38. The first kappa shape index (κ1) is 19.1. The van der Waals surface area contributed by atoms with E-state index in [1.807, 2.05) is 13.8 Å². The van der Waals surface area contributed by atoms with Gasteiger partial charge in [-0.2, -0.15) is 5.10 Å². The van der Waals surface area contributed by atoms with Crippen LogP contribution in [-0.4, -0.2) is 29.0 Å². The highest BCUT2D eigenvalue weighted by Crippen LogP contribution is 2.35.